The standard InChI is InChI=1S/C15H20N2O/c1-5-13-9-14(17(4)16-13)10-18-15-7-6-11(2)8-12(15)3/h6-9H,5,10H2,1-4H3. The lowest BCUT2D eigenvalue weighted by molar-refractivity contribution is 0.293. The van der Waals surface area contributed by atoms with Gasteiger partial charge in [0.2, 0.25) is 0 Å². The van der Waals surface area contributed by atoms with Gasteiger partial charge in [-0.2, -0.15) is 5.10 Å². The van der Waals surface area contributed by atoms with Crippen LogP contribution in [0.5, 0.6) is 5.75 Å². The highest BCUT2D eigenvalue weighted by Crippen LogP contribution is 2.20. The molecule has 1 heterocycles. The van der Waals surface area contributed by atoms with Gasteiger partial charge in [0.15, 0.2) is 0 Å². The van der Waals surface area contributed by atoms with Crippen LogP contribution < -0.4 is 4.74 Å². The Bertz CT molecular complexity index is 543. The third kappa shape index (κ3) is 2.73. The molecule has 2 rings (SSSR count). The average molecular weight is 244 g/mol. The molecule has 0 aliphatic carbocycles. The first-order chi connectivity index (χ1) is 8.60. The van der Waals surface area contributed by atoms with Crippen molar-refractivity contribution >= 4 is 0 Å². The molecule has 0 fully saturated rings. The van der Waals surface area contributed by atoms with Crippen LogP contribution in [0.1, 0.15) is 29.4 Å². The van der Waals surface area contributed by atoms with Crippen LogP contribution in [-0.2, 0) is 20.1 Å². The van der Waals surface area contributed by atoms with Gasteiger partial charge in [0.25, 0.3) is 0 Å². The molecule has 0 N–H and O–H groups in total. The number of benzene rings is 1. The molecule has 0 saturated heterocycles. The molecule has 0 radical (unpaired) electrons. The van der Waals surface area contributed by atoms with Gasteiger partial charge < -0.3 is 4.74 Å². The molecule has 3 nitrogen and oxygen atoms in total. The number of rotatable bonds is 4. The summed E-state index contributed by atoms with van der Waals surface area (Å²) in [4.78, 5) is 0. The van der Waals surface area contributed by atoms with Gasteiger partial charge in [-0.15, -0.1) is 0 Å². The zero-order chi connectivity index (χ0) is 13.1. The molecule has 3 heteroatoms. The van der Waals surface area contributed by atoms with Crippen LogP contribution in [-0.4, -0.2) is 9.78 Å². The van der Waals surface area contributed by atoms with E-state index in [1.807, 2.05) is 17.8 Å². The summed E-state index contributed by atoms with van der Waals surface area (Å²) in [5.74, 6) is 0.944. The van der Waals surface area contributed by atoms with E-state index in [0.29, 0.717) is 6.61 Å². The maximum Gasteiger partial charge on any atom is 0.130 e. The fraction of sp³-hybridized carbons (Fsp3) is 0.400. The first-order valence-corrected chi connectivity index (χ1v) is 6.32. The zero-order valence-electron chi connectivity index (χ0n) is 11.5. The van der Waals surface area contributed by atoms with Crippen molar-refractivity contribution < 1.29 is 4.74 Å². The van der Waals surface area contributed by atoms with Gasteiger partial charge in [-0.25, -0.2) is 0 Å². The van der Waals surface area contributed by atoms with Gasteiger partial charge in [-0.3, -0.25) is 4.68 Å². The topological polar surface area (TPSA) is 27.1 Å². The Balaban J connectivity index is 2.08. The predicted molar refractivity (Wildman–Crippen MR) is 72.8 cm³/mol. The summed E-state index contributed by atoms with van der Waals surface area (Å²) in [5.41, 5.74) is 4.64. The summed E-state index contributed by atoms with van der Waals surface area (Å²) >= 11 is 0. The van der Waals surface area contributed by atoms with E-state index in [4.69, 9.17) is 4.74 Å². The lowest BCUT2D eigenvalue weighted by Gasteiger charge is -2.09. The summed E-state index contributed by atoms with van der Waals surface area (Å²) in [5, 5.41) is 4.41. The number of aromatic nitrogens is 2. The summed E-state index contributed by atoms with van der Waals surface area (Å²) in [6.07, 6.45) is 0.956. The molecule has 18 heavy (non-hydrogen) atoms. The van der Waals surface area contributed by atoms with Gasteiger partial charge in [-0.1, -0.05) is 24.6 Å². The molecular weight excluding hydrogens is 224 g/mol. The van der Waals surface area contributed by atoms with Crippen LogP contribution in [0.2, 0.25) is 0 Å². The van der Waals surface area contributed by atoms with Crippen LogP contribution in [0.3, 0.4) is 0 Å². The molecule has 0 saturated carbocycles. The fourth-order valence-corrected chi connectivity index (χ4v) is 1.99. The summed E-state index contributed by atoms with van der Waals surface area (Å²) in [6.45, 7) is 6.83. The number of nitrogens with zero attached hydrogens (tertiary/aromatic N) is 2. The lowest BCUT2D eigenvalue weighted by Crippen LogP contribution is -2.03. The highest BCUT2D eigenvalue weighted by Gasteiger charge is 2.05. The molecule has 96 valence electrons. The zero-order valence-corrected chi connectivity index (χ0v) is 11.5. The maximum absolute atomic E-state index is 5.86. The predicted octanol–water partition coefficient (Wildman–Crippen LogP) is 3.18. The van der Waals surface area contributed by atoms with E-state index in [0.717, 1.165) is 23.6 Å². The molecule has 0 aliphatic heterocycles. The quantitative estimate of drug-likeness (QED) is 0.826. The first-order valence-electron chi connectivity index (χ1n) is 6.32. The Morgan fingerprint density at radius 3 is 2.61 bits per heavy atom. The molecule has 0 unspecified atom stereocenters. The van der Waals surface area contributed by atoms with E-state index >= 15 is 0 Å². The van der Waals surface area contributed by atoms with Crippen molar-refractivity contribution in [2.75, 3.05) is 0 Å². The molecule has 1 aromatic carbocycles. The highest BCUT2D eigenvalue weighted by molar-refractivity contribution is 5.35. The molecule has 2 aromatic rings. The van der Waals surface area contributed by atoms with Crippen LogP contribution in [0.15, 0.2) is 24.3 Å². The minimum absolute atomic E-state index is 0.563. The largest absolute Gasteiger partial charge is 0.487 e. The summed E-state index contributed by atoms with van der Waals surface area (Å²) in [6, 6.07) is 8.34. The number of hydrogen-bond acceptors (Lipinski definition) is 2. The van der Waals surface area contributed by atoms with Crippen molar-refractivity contribution in [3.8, 4) is 5.75 Å². The fourth-order valence-electron chi connectivity index (χ4n) is 1.99. The smallest absolute Gasteiger partial charge is 0.130 e. The number of hydrogen-bond donors (Lipinski definition) is 0. The Morgan fingerprint density at radius 1 is 1.22 bits per heavy atom. The van der Waals surface area contributed by atoms with Crippen molar-refractivity contribution in [1.82, 2.24) is 9.78 Å². The summed E-state index contributed by atoms with van der Waals surface area (Å²) in [7, 11) is 1.96. The van der Waals surface area contributed by atoms with Gasteiger partial charge in [0, 0.05) is 7.05 Å². The molecule has 0 atom stereocenters. The molecule has 0 bridgehead atoms. The Hall–Kier alpha value is -1.77. The molecule has 0 aliphatic rings. The van der Waals surface area contributed by atoms with Crippen LogP contribution in [0.25, 0.3) is 0 Å². The van der Waals surface area contributed by atoms with E-state index in [-0.39, 0.29) is 0 Å². The van der Waals surface area contributed by atoms with E-state index in [9.17, 15) is 0 Å². The van der Waals surface area contributed by atoms with Crippen LogP contribution in [0.4, 0.5) is 0 Å². The van der Waals surface area contributed by atoms with Crippen molar-refractivity contribution in [3.63, 3.8) is 0 Å². The van der Waals surface area contributed by atoms with Gasteiger partial charge in [0.05, 0.1) is 11.4 Å². The van der Waals surface area contributed by atoms with E-state index < -0.39 is 0 Å². The maximum atomic E-state index is 5.86. The number of ether oxygens (including phenoxy) is 1. The minimum Gasteiger partial charge on any atom is -0.487 e. The van der Waals surface area contributed by atoms with Crippen molar-refractivity contribution in [2.24, 2.45) is 7.05 Å². The average Bonchev–Trinajstić information content (AvgIpc) is 2.69. The van der Waals surface area contributed by atoms with Gasteiger partial charge in [0.1, 0.15) is 12.4 Å². The third-order valence-corrected chi connectivity index (χ3v) is 3.10. The second kappa shape index (κ2) is 5.25. The molecule has 0 amide bonds. The van der Waals surface area contributed by atoms with Crippen molar-refractivity contribution in [3.05, 3.63) is 46.8 Å². The SMILES string of the molecule is CCc1cc(COc2ccc(C)cc2C)n(C)n1. The third-order valence-electron chi connectivity index (χ3n) is 3.10. The van der Waals surface area contributed by atoms with Crippen molar-refractivity contribution in [2.45, 2.75) is 33.8 Å². The van der Waals surface area contributed by atoms with Gasteiger partial charge >= 0.3 is 0 Å². The minimum atomic E-state index is 0.563. The van der Waals surface area contributed by atoms with Gasteiger partial charge in [-0.05, 0) is 38.0 Å². The Labute approximate surface area is 108 Å². The molecule has 0 spiro atoms. The molecular formula is C15H20N2O. The van der Waals surface area contributed by atoms with E-state index in [1.165, 1.54) is 11.1 Å². The number of aryl methyl sites for hydroxylation is 4. The first kappa shape index (κ1) is 12.7. The summed E-state index contributed by atoms with van der Waals surface area (Å²) < 4.78 is 7.75. The van der Waals surface area contributed by atoms with E-state index in [2.05, 4.69) is 44.1 Å². The highest BCUT2D eigenvalue weighted by atomic mass is 16.5. The second-order valence-electron chi connectivity index (χ2n) is 4.66. The van der Waals surface area contributed by atoms with Crippen LogP contribution >= 0.6 is 0 Å². The monoisotopic (exact) mass is 244 g/mol. The van der Waals surface area contributed by atoms with Crippen molar-refractivity contribution in [1.29, 1.82) is 0 Å². The molecule has 1 aromatic heterocycles. The lowest BCUT2D eigenvalue weighted by atomic mass is 10.1. The normalized spacial score (nSPS) is 10.7. The van der Waals surface area contributed by atoms with E-state index in [1.54, 1.807) is 0 Å². The van der Waals surface area contributed by atoms with Crippen LogP contribution in [0, 0.1) is 13.8 Å². The Kier molecular flexibility index (Phi) is 3.70. The Morgan fingerprint density at radius 2 is 2.00 bits per heavy atom. The second-order valence-corrected chi connectivity index (χ2v) is 4.66.